The molecule has 0 bridgehead atoms. The average molecular weight is 963 g/mol. The number of phenols is 1. The molecule has 0 amide bonds. The predicted octanol–water partition coefficient (Wildman–Crippen LogP) is 17.7. The van der Waals surface area contributed by atoms with Gasteiger partial charge in [-0.2, -0.15) is 0 Å². The van der Waals surface area contributed by atoms with Crippen LogP contribution in [-0.4, -0.2) is 5.11 Å². The van der Waals surface area contributed by atoms with Crippen LogP contribution in [-0.2, 0) is 0 Å². The Kier molecular flexibility index (Phi) is 14.7. The molecule has 2 aliphatic heterocycles. The molecule has 0 atom stereocenters. The number of phenolic OH excluding ortho intramolecular Hbond substituents is 1. The number of para-hydroxylation sites is 4. The fourth-order valence-electron chi connectivity index (χ4n) is 7.83. The highest BCUT2D eigenvalue weighted by molar-refractivity contribution is 7.44. The molecule has 2 heterocycles. The lowest BCUT2D eigenvalue weighted by Gasteiger charge is -2.27. The average Bonchev–Trinajstić information content (AvgIpc) is 3.90. The van der Waals surface area contributed by atoms with Crippen molar-refractivity contribution in [1.29, 1.82) is 0 Å². The second-order valence-electron chi connectivity index (χ2n) is 18.6. The topological polar surface area (TPSA) is 103 Å². The highest BCUT2D eigenvalue weighted by atomic mass is 31.2. The van der Waals surface area contributed by atoms with E-state index in [0.717, 1.165) is 22.3 Å². The Bertz CT molecular complexity index is 2600. The minimum Gasteiger partial charge on any atom is -0.507 e. The normalized spacial score (nSPS) is 13.5. The molecule has 352 valence electrons. The van der Waals surface area contributed by atoms with E-state index in [1.54, 1.807) is 6.07 Å². The molecule has 67 heavy (non-hydrogen) atoms. The summed E-state index contributed by atoms with van der Waals surface area (Å²) in [6.07, 6.45) is 0. The quantitative estimate of drug-likeness (QED) is 0.0889. The lowest BCUT2D eigenvalue weighted by atomic mass is 9.91. The molecule has 0 unspecified atom stereocenters. The van der Waals surface area contributed by atoms with Crippen molar-refractivity contribution in [2.75, 3.05) is 0 Å². The Morgan fingerprint density at radius 2 is 0.761 bits per heavy atom. The zero-order valence-electron chi connectivity index (χ0n) is 40.3. The molecule has 2 aliphatic rings. The molecular formula is C54H61O10P3. The molecule has 0 aliphatic carbocycles. The molecule has 8 rings (SSSR count). The van der Waals surface area contributed by atoms with E-state index in [9.17, 15) is 5.11 Å². The third-order valence-electron chi connectivity index (χ3n) is 11.7. The van der Waals surface area contributed by atoms with E-state index in [1.807, 2.05) is 78.9 Å². The van der Waals surface area contributed by atoms with Crippen molar-refractivity contribution < 1.29 is 45.8 Å². The number of fused-ring (bicyclic) bond motifs is 2. The zero-order valence-corrected chi connectivity index (χ0v) is 43.0. The molecule has 0 aromatic heterocycles. The number of hydrogen-bond acceptors (Lipinski definition) is 10. The van der Waals surface area contributed by atoms with Crippen LogP contribution in [0, 0.1) is 0 Å². The Morgan fingerprint density at radius 3 is 1.15 bits per heavy atom. The molecule has 0 saturated heterocycles. The van der Waals surface area contributed by atoms with Gasteiger partial charge in [-0.25, -0.2) is 0 Å². The summed E-state index contributed by atoms with van der Waals surface area (Å²) >= 11 is 0. The second kappa shape index (κ2) is 20.5. The molecule has 6 aromatic rings. The van der Waals surface area contributed by atoms with Crippen LogP contribution in [0.3, 0.4) is 0 Å². The van der Waals surface area contributed by atoms with Gasteiger partial charge in [-0.05, 0) is 117 Å². The van der Waals surface area contributed by atoms with Crippen LogP contribution < -0.4 is 40.7 Å². The standard InChI is InChI=1S/C54H61O10P3/c1-31(2)37-21-26-44(41(29-37)35(9)10)56-65(57-45-27-22-38(32(3)4)30-42(45)36(11)12)62-50-28-24-40(34(7)8)54(64-67-60-48-19-15-16-20-49(48)61-67)52(50)51-43(55)25-23-39(33(5)6)53(51)63-66-58-46-17-13-14-18-47(46)59-66/h13-36,55H,1-12H3. The Labute approximate surface area is 399 Å². The van der Waals surface area contributed by atoms with Gasteiger partial charge in [0.05, 0.1) is 11.1 Å². The van der Waals surface area contributed by atoms with Crippen molar-refractivity contribution >= 4 is 25.8 Å². The summed E-state index contributed by atoms with van der Waals surface area (Å²) in [6.45, 7) is 25.6. The molecular weight excluding hydrogens is 902 g/mol. The Morgan fingerprint density at radius 1 is 0.403 bits per heavy atom. The molecule has 1 N–H and O–H groups in total. The first-order valence-electron chi connectivity index (χ1n) is 23.1. The van der Waals surface area contributed by atoms with Gasteiger partial charge in [0.25, 0.3) is 0 Å². The first kappa shape index (κ1) is 48.1. The van der Waals surface area contributed by atoms with Gasteiger partial charge in [0.15, 0.2) is 23.0 Å². The lowest BCUT2D eigenvalue weighted by Crippen LogP contribution is -2.09. The second-order valence-corrected chi connectivity index (χ2v) is 21.6. The summed E-state index contributed by atoms with van der Waals surface area (Å²) in [6, 6.07) is 34.9. The van der Waals surface area contributed by atoms with E-state index in [1.165, 1.54) is 11.1 Å². The SMILES string of the molecule is CC(C)c1ccc(OP(Oc2ccc(C(C)C)cc2C(C)C)Oc2ccc(C(C)C)c(OP3Oc4ccccc4O3)c2-c2c(O)ccc(C(C)C)c2OP2Oc3ccccc3O2)c(C(C)C)c1. The van der Waals surface area contributed by atoms with Gasteiger partial charge in [0.1, 0.15) is 34.5 Å². The van der Waals surface area contributed by atoms with E-state index in [2.05, 4.69) is 107 Å². The third-order valence-corrected chi connectivity index (χ3v) is 14.8. The van der Waals surface area contributed by atoms with Crippen molar-refractivity contribution in [3.8, 4) is 68.6 Å². The minimum absolute atomic E-state index is 0.0629. The van der Waals surface area contributed by atoms with Crippen LogP contribution in [0.25, 0.3) is 11.1 Å². The lowest BCUT2D eigenvalue weighted by molar-refractivity contribution is 0.381. The highest BCUT2D eigenvalue weighted by Gasteiger charge is 2.38. The van der Waals surface area contributed by atoms with E-state index >= 15 is 0 Å². The van der Waals surface area contributed by atoms with Crippen LogP contribution in [0.5, 0.6) is 57.5 Å². The van der Waals surface area contributed by atoms with Crippen LogP contribution >= 0.6 is 25.8 Å². The Balaban J connectivity index is 1.33. The Hall–Kier alpha value is -5.39. The molecule has 0 saturated carbocycles. The van der Waals surface area contributed by atoms with Crippen LogP contribution in [0.4, 0.5) is 0 Å². The van der Waals surface area contributed by atoms with Gasteiger partial charge in [-0.15, -0.1) is 0 Å². The maximum absolute atomic E-state index is 12.3. The summed E-state index contributed by atoms with van der Waals surface area (Å²) in [5.74, 6) is 5.26. The molecule has 0 radical (unpaired) electrons. The first-order chi connectivity index (χ1) is 32.1. The molecule has 13 heteroatoms. The van der Waals surface area contributed by atoms with Crippen LogP contribution in [0.2, 0.25) is 0 Å². The maximum atomic E-state index is 12.3. The summed E-state index contributed by atoms with van der Waals surface area (Å²) < 4.78 is 60.1. The fraction of sp³-hybridized carbons (Fsp3) is 0.333. The smallest absolute Gasteiger partial charge is 0.507 e. The van der Waals surface area contributed by atoms with Gasteiger partial charge in [-0.3, -0.25) is 0 Å². The number of hydrogen-bond donors (Lipinski definition) is 1. The summed E-state index contributed by atoms with van der Waals surface area (Å²) in [5.41, 5.74) is 6.76. The molecule has 0 fully saturated rings. The van der Waals surface area contributed by atoms with Crippen molar-refractivity contribution in [1.82, 2.24) is 0 Å². The highest BCUT2D eigenvalue weighted by Crippen LogP contribution is 2.62. The first-order valence-corrected chi connectivity index (χ1v) is 26.4. The largest absolute Gasteiger partial charge is 0.530 e. The van der Waals surface area contributed by atoms with E-state index in [0.29, 0.717) is 74.7 Å². The van der Waals surface area contributed by atoms with Gasteiger partial charge >= 0.3 is 25.8 Å². The van der Waals surface area contributed by atoms with Gasteiger partial charge in [-0.1, -0.05) is 144 Å². The fourth-order valence-corrected chi connectivity index (χ4v) is 11.1. The van der Waals surface area contributed by atoms with Crippen molar-refractivity contribution in [2.45, 2.75) is 119 Å². The molecule has 10 nitrogen and oxygen atoms in total. The van der Waals surface area contributed by atoms with Crippen LogP contribution in [0.1, 0.15) is 152 Å². The summed E-state index contributed by atoms with van der Waals surface area (Å²) in [5, 5.41) is 12.3. The predicted molar refractivity (Wildman–Crippen MR) is 270 cm³/mol. The maximum Gasteiger partial charge on any atom is 0.530 e. The van der Waals surface area contributed by atoms with Crippen LogP contribution in [0.15, 0.2) is 109 Å². The molecule has 0 spiro atoms. The van der Waals surface area contributed by atoms with E-state index < -0.39 is 25.8 Å². The van der Waals surface area contributed by atoms with Gasteiger partial charge in [0.2, 0.25) is 0 Å². The van der Waals surface area contributed by atoms with Crippen molar-refractivity contribution in [2.24, 2.45) is 0 Å². The van der Waals surface area contributed by atoms with E-state index in [-0.39, 0.29) is 29.4 Å². The zero-order chi connectivity index (χ0) is 47.7. The monoisotopic (exact) mass is 962 g/mol. The van der Waals surface area contributed by atoms with Gasteiger partial charge < -0.3 is 45.8 Å². The third kappa shape index (κ3) is 10.5. The minimum atomic E-state index is -2.28. The van der Waals surface area contributed by atoms with Crippen molar-refractivity contribution in [3.63, 3.8) is 0 Å². The van der Waals surface area contributed by atoms with Gasteiger partial charge in [0, 0.05) is 0 Å². The number of benzene rings is 6. The summed E-state index contributed by atoms with van der Waals surface area (Å²) in [7, 11) is -6.29. The summed E-state index contributed by atoms with van der Waals surface area (Å²) in [4.78, 5) is 0. The number of rotatable bonds is 17. The number of aromatic hydroxyl groups is 1. The van der Waals surface area contributed by atoms with Crippen molar-refractivity contribution in [3.05, 3.63) is 143 Å². The van der Waals surface area contributed by atoms with E-state index in [4.69, 9.17) is 40.7 Å². The molecule has 6 aromatic carbocycles.